The Labute approximate surface area is 48.3 Å². The lowest BCUT2D eigenvalue weighted by Crippen LogP contribution is -1.98. The highest BCUT2D eigenvalue weighted by Gasteiger charge is 1.89. The van der Waals surface area contributed by atoms with Crippen LogP contribution in [0.3, 0.4) is 0 Å². The van der Waals surface area contributed by atoms with Crippen molar-refractivity contribution in [1.82, 2.24) is 0 Å². The first-order valence-corrected chi connectivity index (χ1v) is 2.50. The summed E-state index contributed by atoms with van der Waals surface area (Å²) in [5, 5.41) is 0. The number of nitrogens with two attached hydrogens (primary N) is 1. The molecule has 1 heterocycles. The van der Waals surface area contributed by atoms with Gasteiger partial charge in [-0.15, -0.1) is 0 Å². The summed E-state index contributed by atoms with van der Waals surface area (Å²) in [6, 6.07) is 3.70. The van der Waals surface area contributed by atoms with Crippen LogP contribution < -0.4 is 5.73 Å². The van der Waals surface area contributed by atoms with Gasteiger partial charge in [0.2, 0.25) is 0 Å². The molecule has 0 saturated heterocycles. The lowest BCUT2D eigenvalue weighted by atomic mass is 10.3. The van der Waals surface area contributed by atoms with Gasteiger partial charge in [0, 0.05) is 13.0 Å². The van der Waals surface area contributed by atoms with E-state index >= 15 is 0 Å². The minimum absolute atomic E-state index is 0.535. The van der Waals surface area contributed by atoms with Gasteiger partial charge in [0.1, 0.15) is 5.76 Å². The second kappa shape index (κ2) is 2.52. The fourth-order valence-corrected chi connectivity index (χ4v) is 0.524. The Bertz CT molecular complexity index is 134. The van der Waals surface area contributed by atoms with Crippen molar-refractivity contribution < 1.29 is 4.42 Å². The molecule has 0 unspecified atom stereocenters. The lowest BCUT2D eigenvalue weighted by Gasteiger charge is -1.85. The van der Waals surface area contributed by atoms with Gasteiger partial charge in [0.05, 0.1) is 6.26 Å². The zero-order valence-corrected chi connectivity index (χ0v) is 4.50. The summed E-state index contributed by atoms with van der Waals surface area (Å²) in [7, 11) is 0. The van der Waals surface area contributed by atoms with Crippen molar-refractivity contribution in [2.45, 2.75) is 0 Å². The Morgan fingerprint density at radius 3 is 3.12 bits per heavy atom. The van der Waals surface area contributed by atoms with Crippen LogP contribution in [0.2, 0.25) is 0 Å². The number of hydrogen-bond acceptors (Lipinski definition) is 2. The van der Waals surface area contributed by atoms with Gasteiger partial charge in [-0.3, -0.25) is 0 Å². The van der Waals surface area contributed by atoms with E-state index in [-0.39, 0.29) is 0 Å². The summed E-state index contributed by atoms with van der Waals surface area (Å²) < 4.78 is 4.94. The van der Waals surface area contributed by atoms with Gasteiger partial charge >= 0.3 is 0 Å². The van der Waals surface area contributed by atoms with Crippen molar-refractivity contribution >= 4 is 0 Å². The van der Waals surface area contributed by atoms with E-state index < -0.39 is 0 Å². The van der Waals surface area contributed by atoms with Crippen molar-refractivity contribution in [3.63, 3.8) is 0 Å². The van der Waals surface area contributed by atoms with Crippen LogP contribution in [-0.2, 0) is 0 Å². The molecule has 0 bridgehead atoms. The minimum atomic E-state index is 0.535. The predicted octanol–water partition coefficient (Wildman–Crippen LogP) is 0.791. The van der Waals surface area contributed by atoms with E-state index in [9.17, 15) is 0 Å². The molecule has 1 aromatic rings. The molecule has 0 atom stereocenters. The summed E-state index contributed by atoms with van der Waals surface area (Å²) in [5.41, 5.74) is 5.20. The maximum absolute atomic E-state index is 5.20. The van der Waals surface area contributed by atoms with E-state index in [0.717, 1.165) is 5.76 Å². The second-order valence-electron chi connectivity index (χ2n) is 1.46. The van der Waals surface area contributed by atoms with E-state index in [4.69, 9.17) is 10.2 Å². The first-order valence-electron chi connectivity index (χ1n) is 2.50. The van der Waals surface area contributed by atoms with Crippen LogP contribution in [0.5, 0.6) is 0 Å². The van der Waals surface area contributed by atoms with Gasteiger partial charge < -0.3 is 10.2 Å². The fraction of sp³-hybridized carbons (Fsp3) is 0.167. The van der Waals surface area contributed by atoms with Crippen molar-refractivity contribution in [3.05, 3.63) is 30.6 Å². The molecule has 1 rings (SSSR count). The second-order valence-corrected chi connectivity index (χ2v) is 1.46. The van der Waals surface area contributed by atoms with Crippen LogP contribution in [-0.4, -0.2) is 6.54 Å². The van der Waals surface area contributed by atoms with Crippen LogP contribution in [0.1, 0.15) is 5.76 Å². The first-order chi connectivity index (χ1) is 3.93. The van der Waals surface area contributed by atoms with Gasteiger partial charge in [0.15, 0.2) is 0 Å². The lowest BCUT2D eigenvalue weighted by molar-refractivity contribution is 0.538. The molecule has 0 saturated carbocycles. The topological polar surface area (TPSA) is 39.2 Å². The minimum Gasteiger partial charge on any atom is -0.469 e. The van der Waals surface area contributed by atoms with Crippen LogP contribution in [0, 0.1) is 6.42 Å². The smallest absolute Gasteiger partial charge is 0.108 e. The zero-order valence-electron chi connectivity index (χ0n) is 4.50. The van der Waals surface area contributed by atoms with Crippen LogP contribution in [0.15, 0.2) is 22.8 Å². The number of furan rings is 1. The normalized spacial score (nSPS) is 9.62. The molecule has 0 aromatic carbocycles. The Kier molecular flexibility index (Phi) is 1.70. The van der Waals surface area contributed by atoms with Crippen LogP contribution >= 0.6 is 0 Å². The summed E-state index contributed by atoms with van der Waals surface area (Å²) in [6.07, 6.45) is 3.45. The summed E-state index contributed by atoms with van der Waals surface area (Å²) in [6.45, 7) is 0.535. The SMILES string of the molecule is NC[CH]c1ccco1. The van der Waals surface area contributed by atoms with Gasteiger partial charge in [-0.2, -0.15) is 0 Å². The number of rotatable bonds is 2. The van der Waals surface area contributed by atoms with Crippen molar-refractivity contribution in [3.8, 4) is 0 Å². The summed E-state index contributed by atoms with van der Waals surface area (Å²) in [4.78, 5) is 0. The van der Waals surface area contributed by atoms with E-state index in [1.807, 2.05) is 18.6 Å². The molecule has 0 aliphatic rings. The van der Waals surface area contributed by atoms with E-state index in [2.05, 4.69) is 0 Å². The van der Waals surface area contributed by atoms with Crippen molar-refractivity contribution in [2.75, 3.05) is 6.54 Å². The van der Waals surface area contributed by atoms with E-state index in [1.54, 1.807) is 6.26 Å². The Hall–Kier alpha value is -0.760. The molecule has 1 aromatic heterocycles. The standard InChI is InChI=1S/C6H8NO/c7-4-3-6-2-1-5-8-6/h1-3,5H,4,7H2. The predicted molar refractivity (Wildman–Crippen MR) is 31.2 cm³/mol. The summed E-state index contributed by atoms with van der Waals surface area (Å²) in [5.74, 6) is 0.840. The van der Waals surface area contributed by atoms with Gasteiger partial charge in [-0.25, -0.2) is 0 Å². The first kappa shape index (κ1) is 5.38. The Morgan fingerprint density at radius 1 is 1.75 bits per heavy atom. The quantitative estimate of drug-likeness (QED) is 0.611. The maximum Gasteiger partial charge on any atom is 0.108 e. The van der Waals surface area contributed by atoms with Gasteiger partial charge in [-0.05, 0) is 12.1 Å². The van der Waals surface area contributed by atoms with Crippen molar-refractivity contribution in [1.29, 1.82) is 0 Å². The molecule has 1 radical (unpaired) electrons. The van der Waals surface area contributed by atoms with Gasteiger partial charge in [-0.1, -0.05) is 0 Å². The zero-order chi connectivity index (χ0) is 5.82. The maximum atomic E-state index is 5.20. The molecule has 2 heteroatoms. The molecule has 0 aliphatic heterocycles. The molecule has 43 valence electrons. The highest BCUT2D eigenvalue weighted by atomic mass is 16.3. The molecular weight excluding hydrogens is 102 g/mol. The third-order valence-electron chi connectivity index (χ3n) is 0.862. The highest BCUT2D eigenvalue weighted by Crippen LogP contribution is 2.00. The van der Waals surface area contributed by atoms with E-state index in [1.165, 1.54) is 0 Å². The summed E-state index contributed by atoms with van der Waals surface area (Å²) >= 11 is 0. The van der Waals surface area contributed by atoms with Crippen molar-refractivity contribution in [2.24, 2.45) is 5.73 Å². The molecule has 8 heavy (non-hydrogen) atoms. The molecule has 0 spiro atoms. The van der Waals surface area contributed by atoms with Gasteiger partial charge in [0.25, 0.3) is 0 Å². The molecule has 0 amide bonds. The third kappa shape index (κ3) is 1.10. The largest absolute Gasteiger partial charge is 0.469 e. The Balaban J connectivity index is 2.50. The molecule has 2 N–H and O–H groups in total. The third-order valence-corrected chi connectivity index (χ3v) is 0.862. The Morgan fingerprint density at radius 2 is 2.62 bits per heavy atom. The molecular formula is C6H8NO. The van der Waals surface area contributed by atoms with Crippen LogP contribution in [0.4, 0.5) is 0 Å². The molecule has 0 fully saturated rings. The number of hydrogen-bond donors (Lipinski definition) is 1. The fourth-order valence-electron chi connectivity index (χ4n) is 0.524. The molecule has 2 nitrogen and oxygen atoms in total. The van der Waals surface area contributed by atoms with Crippen LogP contribution in [0.25, 0.3) is 0 Å². The van der Waals surface area contributed by atoms with E-state index in [0.29, 0.717) is 6.54 Å². The average molecular weight is 110 g/mol. The monoisotopic (exact) mass is 110 g/mol. The molecule has 0 aliphatic carbocycles. The highest BCUT2D eigenvalue weighted by molar-refractivity contribution is 5.08. The average Bonchev–Trinajstić information content (AvgIpc) is 2.19.